The summed E-state index contributed by atoms with van der Waals surface area (Å²) in [6.07, 6.45) is 7.64. The van der Waals surface area contributed by atoms with Crippen molar-refractivity contribution in [1.82, 2.24) is 19.1 Å². The molecule has 4 heterocycles. The fourth-order valence-electron chi connectivity index (χ4n) is 8.34. The molecule has 6 nitrogen and oxygen atoms in total. The van der Waals surface area contributed by atoms with E-state index < -0.39 is 0 Å². The number of benzene rings is 6. The maximum absolute atomic E-state index is 5.60. The summed E-state index contributed by atoms with van der Waals surface area (Å²) in [5.41, 5.74) is 15.7. The minimum absolute atomic E-state index is 0.851. The monoisotopic (exact) mass is 726 g/mol. The highest BCUT2D eigenvalue weighted by Crippen LogP contribution is 2.40. The second kappa shape index (κ2) is 13.3. The summed E-state index contributed by atoms with van der Waals surface area (Å²) < 4.78 is 15.9. The third-order valence-electron chi connectivity index (χ3n) is 11.1. The van der Waals surface area contributed by atoms with Crippen molar-refractivity contribution in [2.75, 3.05) is 14.2 Å². The smallest absolute Gasteiger partial charge is 0.119 e. The molecule has 0 N–H and O–H groups in total. The van der Waals surface area contributed by atoms with Crippen LogP contribution in [-0.4, -0.2) is 33.3 Å². The van der Waals surface area contributed by atoms with Gasteiger partial charge in [-0.15, -0.1) is 0 Å². The number of rotatable bonds is 7. The third kappa shape index (κ3) is 5.41. The molecule has 0 atom stereocenters. The lowest BCUT2D eigenvalue weighted by Crippen LogP contribution is -1.96. The SMILES string of the molecule is COc1ccc2c(c1)c1cc(C)ccc1n2-c1ccc(-c2ccncc2-c2cnccc2-c2ccc(-n3c4ccc(C)cc4c4cc(OC)ccc43)cc2)cc1. The summed E-state index contributed by atoms with van der Waals surface area (Å²) in [5.74, 6) is 1.70. The molecule has 0 aliphatic heterocycles. The first-order valence-corrected chi connectivity index (χ1v) is 18.8. The van der Waals surface area contributed by atoms with E-state index in [9.17, 15) is 0 Å². The quantitative estimate of drug-likeness (QED) is 0.164. The number of ether oxygens (including phenoxy) is 2. The van der Waals surface area contributed by atoms with Gasteiger partial charge in [-0.3, -0.25) is 9.97 Å². The van der Waals surface area contributed by atoms with E-state index in [1.165, 1.54) is 32.7 Å². The molecule has 0 saturated carbocycles. The largest absolute Gasteiger partial charge is 0.497 e. The second-order valence-electron chi connectivity index (χ2n) is 14.4. The van der Waals surface area contributed by atoms with Crippen LogP contribution in [0.3, 0.4) is 0 Å². The predicted octanol–water partition coefficient (Wildman–Crippen LogP) is 12.3. The molecule has 10 aromatic rings. The van der Waals surface area contributed by atoms with Gasteiger partial charge in [-0.1, -0.05) is 47.5 Å². The standard InChI is InChI=1S/C50H38N4O2/c1-31-5-17-47-41(25-31)43-27-37(55-3)15-19-49(43)53(47)35-11-7-33(8-12-35)39-21-23-51-29-45(39)46-30-52-24-22-40(46)34-9-13-36(14-10-34)54-48-18-6-32(2)26-42(48)44-28-38(56-4)16-20-50(44)54/h5-30H,1-4H3. The van der Waals surface area contributed by atoms with Crippen molar-refractivity contribution in [3.8, 4) is 56.3 Å². The van der Waals surface area contributed by atoms with Gasteiger partial charge in [-0.25, -0.2) is 0 Å². The summed E-state index contributed by atoms with van der Waals surface area (Å²) in [6.45, 7) is 4.27. The third-order valence-corrected chi connectivity index (χ3v) is 11.1. The molecule has 0 aliphatic carbocycles. The molecule has 0 amide bonds. The number of fused-ring (bicyclic) bond motifs is 6. The minimum atomic E-state index is 0.851. The Hall–Kier alpha value is -7.18. The zero-order valence-electron chi connectivity index (χ0n) is 31.6. The lowest BCUT2D eigenvalue weighted by atomic mass is 9.92. The number of aromatic nitrogens is 4. The average molecular weight is 727 g/mol. The van der Waals surface area contributed by atoms with Gasteiger partial charge >= 0.3 is 0 Å². The summed E-state index contributed by atoms with van der Waals surface area (Å²) in [7, 11) is 3.43. The molecule has 10 rings (SSSR count). The van der Waals surface area contributed by atoms with E-state index in [0.29, 0.717) is 0 Å². The number of nitrogens with zero attached hydrogens (tertiary/aromatic N) is 4. The van der Waals surface area contributed by atoms with Crippen LogP contribution in [0.5, 0.6) is 11.5 Å². The van der Waals surface area contributed by atoms with Crippen LogP contribution in [-0.2, 0) is 0 Å². The summed E-state index contributed by atoms with van der Waals surface area (Å²) in [4.78, 5) is 9.20. The maximum atomic E-state index is 5.60. The van der Waals surface area contributed by atoms with E-state index in [1.807, 2.05) is 36.9 Å². The van der Waals surface area contributed by atoms with Crippen LogP contribution in [0, 0.1) is 13.8 Å². The van der Waals surface area contributed by atoms with Gasteiger partial charge in [0.2, 0.25) is 0 Å². The van der Waals surface area contributed by atoms with Gasteiger partial charge in [0.1, 0.15) is 11.5 Å². The number of hydrogen-bond donors (Lipinski definition) is 0. The number of aryl methyl sites for hydroxylation is 2. The Kier molecular flexibility index (Phi) is 7.92. The van der Waals surface area contributed by atoms with Crippen LogP contribution < -0.4 is 9.47 Å². The Labute approximate surface area is 324 Å². The highest BCUT2D eigenvalue weighted by molar-refractivity contribution is 6.11. The lowest BCUT2D eigenvalue weighted by Gasteiger charge is -2.15. The van der Waals surface area contributed by atoms with Crippen LogP contribution in [0.4, 0.5) is 0 Å². The second-order valence-corrected chi connectivity index (χ2v) is 14.4. The van der Waals surface area contributed by atoms with Crippen LogP contribution >= 0.6 is 0 Å². The van der Waals surface area contributed by atoms with Crippen molar-refractivity contribution in [3.05, 3.63) is 169 Å². The molecular formula is C50H38N4O2. The Morgan fingerprint density at radius 3 is 1.16 bits per heavy atom. The Morgan fingerprint density at radius 1 is 0.393 bits per heavy atom. The van der Waals surface area contributed by atoms with Gasteiger partial charge in [0.25, 0.3) is 0 Å². The first-order valence-electron chi connectivity index (χ1n) is 18.8. The van der Waals surface area contributed by atoms with Crippen molar-refractivity contribution in [3.63, 3.8) is 0 Å². The normalized spacial score (nSPS) is 11.6. The molecule has 0 bridgehead atoms. The molecule has 0 spiro atoms. The van der Waals surface area contributed by atoms with Gasteiger partial charge in [0, 0.05) is 68.8 Å². The molecule has 0 aliphatic rings. The molecule has 6 heteroatoms. The van der Waals surface area contributed by atoms with Gasteiger partial charge in [0.15, 0.2) is 0 Å². The van der Waals surface area contributed by atoms with Gasteiger partial charge in [0.05, 0.1) is 36.3 Å². The lowest BCUT2D eigenvalue weighted by molar-refractivity contribution is 0.415. The van der Waals surface area contributed by atoms with E-state index >= 15 is 0 Å². The Balaban J connectivity index is 1.03. The molecular weight excluding hydrogens is 689 g/mol. The predicted molar refractivity (Wildman–Crippen MR) is 230 cm³/mol. The summed E-state index contributed by atoms with van der Waals surface area (Å²) >= 11 is 0. The number of hydrogen-bond acceptors (Lipinski definition) is 4. The molecule has 0 fully saturated rings. The van der Waals surface area contributed by atoms with Crippen LogP contribution in [0.2, 0.25) is 0 Å². The molecule has 6 aromatic carbocycles. The van der Waals surface area contributed by atoms with Crippen molar-refractivity contribution >= 4 is 43.6 Å². The van der Waals surface area contributed by atoms with Crippen molar-refractivity contribution in [1.29, 1.82) is 0 Å². The fourth-order valence-corrected chi connectivity index (χ4v) is 8.34. The van der Waals surface area contributed by atoms with Gasteiger partial charge < -0.3 is 18.6 Å². The van der Waals surface area contributed by atoms with Crippen molar-refractivity contribution in [2.24, 2.45) is 0 Å². The first kappa shape index (κ1) is 33.4. The minimum Gasteiger partial charge on any atom is -0.497 e. The van der Waals surface area contributed by atoms with E-state index in [2.05, 4.69) is 154 Å². The highest BCUT2D eigenvalue weighted by Gasteiger charge is 2.18. The average Bonchev–Trinajstić information content (AvgIpc) is 3.74. The maximum Gasteiger partial charge on any atom is 0.119 e. The van der Waals surface area contributed by atoms with Crippen LogP contribution in [0.1, 0.15) is 11.1 Å². The zero-order valence-corrected chi connectivity index (χ0v) is 31.6. The fraction of sp³-hybridized carbons (Fsp3) is 0.0800. The molecule has 56 heavy (non-hydrogen) atoms. The topological polar surface area (TPSA) is 54.1 Å². The molecule has 0 radical (unpaired) electrons. The highest BCUT2D eigenvalue weighted by atomic mass is 16.5. The number of pyridine rings is 2. The van der Waals surface area contributed by atoms with Crippen LogP contribution in [0.25, 0.3) is 88.4 Å². The zero-order chi connectivity index (χ0) is 37.9. The number of methoxy groups -OCH3 is 2. The van der Waals surface area contributed by atoms with Crippen molar-refractivity contribution < 1.29 is 9.47 Å². The Bertz CT molecular complexity index is 2910. The summed E-state index contributed by atoms with van der Waals surface area (Å²) in [6, 6.07) is 47.8. The van der Waals surface area contributed by atoms with Crippen LogP contribution in [0.15, 0.2) is 158 Å². The van der Waals surface area contributed by atoms with E-state index in [-0.39, 0.29) is 0 Å². The van der Waals surface area contributed by atoms with Gasteiger partial charge in [-0.2, -0.15) is 0 Å². The molecule has 0 saturated heterocycles. The van der Waals surface area contributed by atoms with E-state index in [0.717, 1.165) is 78.3 Å². The van der Waals surface area contributed by atoms with E-state index in [1.54, 1.807) is 14.2 Å². The Morgan fingerprint density at radius 2 is 0.768 bits per heavy atom. The van der Waals surface area contributed by atoms with Crippen molar-refractivity contribution in [2.45, 2.75) is 13.8 Å². The molecule has 0 unspecified atom stereocenters. The molecule has 4 aromatic heterocycles. The van der Waals surface area contributed by atoms with Gasteiger partial charge in [-0.05, 0) is 133 Å². The molecule has 270 valence electrons. The first-order chi connectivity index (χ1) is 27.5. The van der Waals surface area contributed by atoms with E-state index in [4.69, 9.17) is 9.47 Å². The summed E-state index contributed by atoms with van der Waals surface area (Å²) in [5, 5.41) is 4.77.